The molecular weight excluding hydrogens is 214 g/mol. The summed E-state index contributed by atoms with van der Waals surface area (Å²) in [5, 5.41) is 11.4. The van der Waals surface area contributed by atoms with Gasteiger partial charge < -0.3 is 0 Å². The zero-order valence-electron chi connectivity index (χ0n) is 10.00. The molecule has 3 heteroatoms. The summed E-state index contributed by atoms with van der Waals surface area (Å²) < 4.78 is 0. The fraction of sp³-hybridized carbons (Fsp3) is 1.00. The first-order valence-corrected chi connectivity index (χ1v) is 7.37. The monoisotopic (exact) mass is 233 g/mol. The maximum Gasteiger partial charge on any atom is 0.219 e. The summed E-state index contributed by atoms with van der Waals surface area (Å²) in [5.41, 5.74) is 0. The molecule has 7 rings (SSSR count). The Balaban J connectivity index is 1.65. The third kappa shape index (κ3) is 0.901. The van der Waals surface area contributed by atoms with Gasteiger partial charge in [-0.2, -0.15) is 0 Å². The number of hydrogen-bond acceptors (Lipinski definition) is 2. The second-order valence-electron chi connectivity index (χ2n) is 7.48. The van der Waals surface area contributed by atoms with Gasteiger partial charge in [-0.25, -0.2) is 0 Å². The fourth-order valence-electron chi connectivity index (χ4n) is 7.20. The quantitative estimate of drug-likeness (QED) is 0.516. The van der Waals surface area contributed by atoms with Crippen molar-refractivity contribution in [2.75, 3.05) is 0 Å². The molecule has 8 bridgehead atoms. The van der Waals surface area contributed by atoms with E-state index in [1.807, 2.05) is 0 Å². The van der Waals surface area contributed by atoms with Gasteiger partial charge in [-0.1, -0.05) is 0 Å². The lowest BCUT2D eigenvalue weighted by Gasteiger charge is -2.69. The minimum absolute atomic E-state index is 0.101. The van der Waals surface area contributed by atoms with Crippen LogP contribution >= 0.6 is 0 Å². The van der Waals surface area contributed by atoms with Gasteiger partial charge in [0.2, 0.25) is 6.04 Å². The van der Waals surface area contributed by atoms with Gasteiger partial charge in [0.1, 0.15) is 0 Å². The molecule has 0 N–H and O–H groups in total. The Labute approximate surface area is 101 Å². The first kappa shape index (κ1) is 9.35. The molecule has 7 fully saturated rings. The van der Waals surface area contributed by atoms with E-state index in [0.29, 0.717) is 11.8 Å². The van der Waals surface area contributed by atoms with Crippen molar-refractivity contribution in [1.29, 1.82) is 0 Å². The highest BCUT2D eigenvalue weighted by molar-refractivity contribution is 5.15. The molecule has 5 atom stereocenters. The van der Waals surface area contributed by atoms with Crippen LogP contribution in [0, 0.1) is 57.5 Å². The van der Waals surface area contributed by atoms with Crippen LogP contribution in [0.4, 0.5) is 0 Å². The second-order valence-corrected chi connectivity index (χ2v) is 7.48. The number of hydrogen-bond donors (Lipinski definition) is 0. The van der Waals surface area contributed by atoms with Gasteiger partial charge in [0.25, 0.3) is 0 Å². The zero-order chi connectivity index (χ0) is 11.3. The molecule has 0 radical (unpaired) electrons. The summed E-state index contributed by atoms with van der Waals surface area (Å²) in [6, 6.07) is -0.155. The van der Waals surface area contributed by atoms with Gasteiger partial charge in [-0.15, -0.1) is 0 Å². The molecule has 7 aliphatic carbocycles. The fourth-order valence-corrected chi connectivity index (χ4v) is 7.20. The molecule has 0 aromatic heterocycles. The largest absolute Gasteiger partial charge is 0.264 e. The van der Waals surface area contributed by atoms with E-state index < -0.39 is 0 Å². The maximum absolute atomic E-state index is 11.4. The van der Waals surface area contributed by atoms with Crippen LogP contribution in [0.15, 0.2) is 0 Å². The molecule has 92 valence electrons. The molecule has 0 saturated heterocycles. The maximum atomic E-state index is 11.4. The van der Waals surface area contributed by atoms with Gasteiger partial charge in [0.15, 0.2) is 0 Å². The number of rotatable bonds is 1. The molecular formula is C14H19NO2. The SMILES string of the molecule is O=[N+]([O-])C1C2CC3C4CC5CC3C1C(C5)C4C2. The molecule has 0 amide bonds. The predicted octanol–water partition coefficient (Wildman–Crippen LogP) is 2.58. The number of nitro groups is 1. The van der Waals surface area contributed by atoms with Crippen LogP contribution in [0.25, 0.3) is 0 Å². The highest BCUT2D eigenvalue weighted by atomic mass is 16.6. The minimum Gasteiger partial charge on any atom is -0.264 e. The molecule has 0 aromatic rings. The van der Waals surface area contributed by atoms with E-state index >= 15 is 0 Å². The summed E-state index contributed by atoms with van der Waals surface area (Å²) in [4.78, 5) is 11.5. The van der Waals surface area contributed by atoms with Crippen LogP contribution in [0.5, 0.6) is 0 Å². The highest BCUT2D eigenvalue weighted by Crippen LogP contribution is 2.71. The van der Waals surface area contributed by atoms with Crippen LogP contribution in [-0.4, -0.2) is 11.0 Å². The summed E-state index contributed by atoms with van der Waals surface area (Å²) in [5.74, 6) is 6.16. The molecule has 7 saturated carbocycles. The van der Waals surface area contributed by atoms with Crippen molar-refractivity contribution in [1.82, 2.24) is 0 Å². The Morgan fingerprint density at radius 3 is 1.94 bits per heavy atom. The van der Waals surface area contributed by atoms with E-state index in [-0.39, 0.29) is 11.0 Å². The third-order valence-corrected chi connectivity index (χ3v) is 7.28. The molecule has 7 aliphatic rings. The lowest BCUT2D eigenvalue weighted by Crippen LogP contribution is -2.68. The standard InChI is InChI=1S/C14H19NO2/c16-15(17)14-7-4-9-8-1-6-2-11(9)13(14)12(3-6)10(8)5-7/h6-14H,1-5H2. The Kier molecular flexibility index (Phi) is 1.48. The Morgan fingerprint density at radius 1 is 0.824 bits per heavy atom. The van der Waals surface area contributed by atoms with Crippen molar-refractivity contribution in [3.63, 3.8) is 0 Å². The van der Waals surface area contributed by atoms with Gasteiger partial charge in [0, 0.05) is 16.8 Å². The second kappa shape index (κ2) is 2.70. The molecule has 17 heavy (non-hydrogen) atoms. The summed E-state index contributed by atoms with van der Waals surface area (Å²) in [6.45, 7) is 0. The van der Waals surface area contributed by atoms with Gasteiger partial charge in [0.05, 0.1) is 0 Å². The van der Waals surface area contributed by atoms with E-state index in [1.54, 1.807) is 0 Å². The molecule has 0 aliphatic heterocycles. The van der Waals surface area contributed by atoms with Crippen LogP contribution < -0.4 is 0 Å². The van der Waals surface area contributed by atoms with E-state index in [0.717, 1.165) is 35.5 Å². The van der Waals surface area contributed by atoms with Gasteiger partial charge in [-0.05, 0) is 67.6 Å². The van der Waals surface area contributed by atoms with Crippen molar-refractivity contribution in [3.8, 4) is 0 Å². The molecule has 0 aromatic carbocycles. The summed E-state index contributed by atoms with van der Waals surface area (Å²) >= 11 is 0. The average molecular weight is 233 g/mol. The van der Waals surface area contributed by atoms with Crippen molar-refractivity contribution in [2.45, 2.75) is 38.1 Å². The Hall–Kier alpha value is -0.600. The summed E-state index contributed by atoms with van der Waals surface area (Å²) in [6.07, 6.45) is 6.56. The van der Waals surface area contributed by atoms with Crippen LogP contribution in [0.2, 0.25) is 0 Å². The van der Waals surface area contributed by atoms with Crippen molar-refractivity contribution < 1.29 is 4.92 Å². The normalized spacial score (nSPS) is 65.5. The first-order valence-electron chi connectivity index (χ1n) is 7.37. The van der Waals surface area contributed by atoms with Crippen molar-refractivity contribution in [3.05, 3.63) is 10.1 Å². The van der Waals surface area contributed by atoms with E-state index in [1.165, 1.54) is 32.1 Å². The smallest absolute Gasteiger partial charge is 0.219 e. The molecule has 5 unspecified atom stereocenters. The topological polar surface area (TPSA) is 43.1 Å². The van der Waals surface area contributed by atoms with E-state index in [2.05, 4.69) is 0 Å². The molecule has 3 nitrogen and oxygen atoms in total. The lowest BCUT2D eigenvalue weighted by atomic mass is 9.35. The average Bonchev–Trinajstić information content (AvgIpc) is 2.33. The number of nitrogens with zero attached hydrogens (tertiary/aromatic N) is 1. The third-order valence-electron chi connectivity index (χ3n) is 7.28. The van der Waals surface area contributed by atoms with Crippen molar-refractivity contribution >= 4 is 0 Å². The lowest BCUT2D eigenvalue weighted by molar-refractivity contribution is -0.564. The van der Waals surface area contributed by atoms with Crippen molar-refractivity contribution in [2.24, 2.45) is 47.3 Å². The van der Waals surface area contributed by atoms with Gasteiger partial charge >= 0.3 is 0 Å². The minimum atomic E-state index is -0.155. The summed E-state index contributed by atoms with van der Waals surface area (Å²) in [7, 11) is 0. The molecule has 0 heterocycles. The van der Waals surface area contributed by atoms with Crippen LogP contribution in [0.1, 0.15) is 32.1 Å². The highest BCUT2D eigenvalue weighted by Gasteiger charge is 2.69. The Morgan fingerprint density at radius 2 is 1.35 bits per heavy atom. The Bertz CT molecular complexity index is 385. The van der Waals surface area contributed by atoms with E-state index in [9.17, 15) is 10.1 Å². The van der Waals surface area contributed by atoms with E-state index in [4.69, 9.17) is 0 Å². The first-order chi connectivity index (χ1) is 8.24. The predicted molar refractivity (Wildman–Crippen MR) is 61.8 cm³/mol. The van der Waals surface area contributed by atoms with Gasteiger partial charge in [-0.3, -0.25) is 10.1 Å². The van der Waals surface area contributed by atoms with Crippen LogP contribution in [0.3, 0.4) is 0 Å². The zero-order valence-corrected chi connectivity index (χ0v) is 10.00. The van der Waals surface area contributed by atoms with Crippen LogP contribution in [-0.2, 0) is 0 Å². The molecule has 0 spiro atoms.